The van der Waals surface area contributed by atoms with E-state index in [0.29, 0.717) is 19.8 Å². The van der Waals surface area contributed by atoms with E-state index in [1.54, 1.807) is 0 Å². The van der Waals surface area contributed by atoms with Gasteiger partial charge in [0.2, 0.25) is 0 Å². The molecule has 2 N–H and O–H groups in total. The SMILES string of the molecule is CCNC(=NCCCOC1CCOC1)NCCOCc1cccc(Cl)c1.I. The molecule has 1 fully saturated rings. The van der Waals surface area contributed by atoms with Crippen molar-refractivity contribution in [3.63, 3.8) is 0 Å². The van der Waals surface area contributed by atoms with Gasteiger partial charge in [-0.05, 0) is 37.5 Å². The molecule has 1 atom stereocenters. The number of hydrogen-bond donors (Lipinski definition) is 2. The van der Waals surface area contributed by atoms with Crippen LogP contribution in [-0.2, 0) is 20.8 Å². The fraction of sp³-hybridized carbons (Fsp3) is 0.632. The molecule has 0 spiro atoms. The van der Waals surface area contributed by atoms with Crippen LogP contribution in [0.3, 0.4) is 0 Å². The maximum Gasteiger partial charge on any atom is 0.191 e. The third kappa shape index (κ3) is 11.1. The molecule has 1 aromatic carbocycles. The fourth-order valence-corrected chi connectivity index (χ4v) is 2.76. The van der Waals surface area contributed by atoms with Crippen molar-refractivity contribution in [3.05, 3.63) is 34.9 Å². The van der Waals surface area contributed by atoms with Crippen LogP contribution < -0.4 is 10.6 Å². The number of benzene rings is 1. The van der Waals surface area contributed by atoms with Crippen molar-refractivity contribution in [2.24, 2.45) is 4.99 Å². The molecule has 2 rings (SSSR count). The van der Waals surface area contributed by atoms with Gasteiger partial charge < -0.3 is 24.8 Å². The highest BCUT2D eigenvalue weighted by atomic mass is 127. The number of aliphatic imine (C=N–C) groups is 1. The summed E-state index contributed by atoms with van der Waals surface area (Å²) in [4.78, 5) is 4.56. The standard InChI is InChI=1S/C19H30ClN3O3.HI/c1-2-21-19(22-8-4-10-26-18-7-11-24-15-18)23-9-12-25-14-16-5-3-6-17(20)13-16;/h3,5-6,13,18H,2,4,7-12,14-15H2,1H3,(H2,21,22,23);1H. The molecule has 6 nitrogen and oxygen atoms in total. The summed E-state index contributed by atoms with van der Waals surface area (Å²) < 4.78 is 16.7. The predicted molar refractivity (Wildman–Crippen MR) is 120 cm³/mol. The van der Waals surface area contributed by atoms with E-state index in [1.165, 1.54) is 0 Å². The Morgan fingerprint density at radius 2 is 2.22 bits per heavy atom. The minimum absolute atomic E-state index is 0. The normalized spacial score (nSPS) is 16.8. The first-order valence-corrected chi connectivity index (χ1v) is 9.69. The highest BCUT2D eigenvalue weighted by Crippen LogP contribution is 2.11. The topological polar surface area (TPSA) is 64.1 Å². The second-order valence-electron chi connectivity index (χ2n) is 6.08. The summed E-state index contributed by atoms with van der Waals surface area (Å²) in [5.74, 6) is 0.808. The third-order valence-corrected chi connectivity index (χ3v) is 4.09. The highest BCUT2D eigenvalue weighted by molar-refractivity contribution is 14.0. The summed E-state index contributed by atoms with van der Waals surface area (Å²) in [5.41, 5.74) is 1.07. The Morgan fingerprint density at radius 3 is 2.96 bits per heavy atom. The van der Waals surface area contributed by atoms with Crippen LogP contribution in [0.5, 0.6) is 0 Å². The van der Waals surface area contributed by atoms with E-state index in [2.05, 4.69) is 22.5 Å². The van der Waals surface area contributed by atoms with E-state index in [1.807, 2.05) is 24.3 Å². The summed E-state index contributed by atoms with van der Waals surface area (Å²) in [6, 6.07) is 7.71. The van der Waals surface area contributed by atoms with Gasteiger partial charge >= 0.3 is 0 Å². The molecule has 1 aromatic rings. The number of hydrogen-bond acceptors (Lipinski definition) is 4. The Labute approximate surface area is 184 Å². The average Bonchev–Trinajstić information content (AvgIpc) is 3.14. The zero-order valence-electron chi connectivity index (χ0n) is 15.9. The molecule has 27 heavy (non-hydrogen) atoms. The van der Waals surface area contributed by atoms with Gasteiger partial charge in [0.1, 0.15) is 0 Å². The number of guanidine groups is 1. The fourth-order valence-electron chi connectivity index (χ4n) is 2.55. The molecule has 0 radical (unpaired) electrons. The van der Waals surface area contributed by atoms with Gasteiger partial charge in [0, 0.05) is 37.9 Å². The highest BCUT2D eigenvalue weighted by Gasteiger charge is 2.15. The Balaban J connectivity index is 0.00000364. The lowest BCUT2D eigenvalue weighted by molar-refractivity contribution is 0.0424. The zero-order chi connectivity index (χ0) is 18.5. The first-order valence-electron chi connectivity index (χ1n) is 9.31. The lowest BCUT2D eigenvalue weighted by Gasteiger charge is -2.12. The number of nitrogens with one attached hydrogen (secondary N) is 2. The van der Waals surface area contributed by atoms with E-state index in [-0.39, 0.29) is 30.1 Å². The van der Waals surface area contributed by atoms with E-state index in [4.69, 9.17) is 25.8 Å². The van der Waals surface area contributed by atoms with Crippen LogP contribution in [0.4, 0.5) is 0 Å². The van der Waals surface area contributed by atoms with E-state index >= 15 is 0 Å². The van der Waals surface area contributed by atoms with Gasteiger partial charge in [-0.15, -0.1) is 24.0 Å². The van der Waals surface area contributed by atoms with E-state index in [0.717, 1.165) is 62.3 Å². The van der Waals surface area contributed by atoms with Crippen LogP contribution in [0.2, 0.25) is 5.02 Å². The Kier molecular flexibility index (Phi) is 13.9. The van der Waals surface area contributed by atoms with Crippen LogP contribution in [-0.4, -0.2) is 58.1 Å². The van der Waals surface area contributed by atoms with Crippen LogP contribution in [0.1, 0.15) is 25.3 Å². The quantitative estimate of drug-likeness (QED) is 0.207. The molecular weight excluding hydrogens is 481 g/mol. The van der Waals surface area contributed by atoms with Gasteiger partial charge in [0.15, 0.2) is 5.96 Å². The molecule has 0 amide bonds. The zero-order valence-corrected chi connectivity index (χ0v) is 19.0. The molecule has 1 aliphatic heterocycles. The summed E-state index contributed by atoms with van der Waals surface area (Å²) >= 11 is 5.96. The number of rotatable bonds is 11. The van der Waals surface area contributed by atoms with E-state index in [9.17, 15) is 0 Å². The smallest absolute Gasteiger partial charge is 0.191 e. The largest absolute Gasteiger partial charge is 0.379 e. The first-order chi connectivity index (χ1) is 12.8. The molecule has 1 aliphatic rings. The molecule has 154 valence electrons. The van der Waals surface area contributed by atoms with Gasteiger partial charge in [0.05, 0.1) is 25.9 Å². The maximum atomic E-state index is 5.96. The van der Waals surface area contributed by atoms with Crippen molar-refractivity contribution in [1.29, 1.82) is 0 Å². The average molecular weight is 512 g/mol. The first kappa shape index (κ1) is 24.4. The molecule has 8 heteroatoms. The summed E-state index contributed by atoms with van der Waals surface area (Å²) in [7, 11) is 0. The lowest BCUT2D eigenvalue weighted by atomic mass is 10.2. The molecule has 0 saturated carbocycles. The summed E-state index contributed by atoms with van der Waals surface area (Å²) in [6.45, 7) is 7.72. The van der Waals surface area contributed by atoms with Crippen LogP contribution in [0, 0.1) is 0 Å². The van der Waals surface area contributed by atoms with Gasteiger partial charge in [0.25, 0.3) is 0 Å². The maximum absolute atomic E-state index is 5.96. The molecule has 1 heterocycles. The summed E-state index contributed by atoms with van der Waals surface area (Å²) in [6.07, 6.45) is 2.17. The third-order valence-electron chi connectivity index (χ3n) is 3.85. The molecule has 1 saturated heterocycles. The Morgan fingerprint density at radius 1 is 1.33 bits per heavy atom. The van der Waals surface area contributed by atoms with Crippen LogP contribution in [0.15, 0.2) is 29.3 Å². The molecule has 0 aliphatic carbocycles. The van der Waals surface area contributed by atoms with Crippen molar-refractivity contribution in [3.8, 4) is 0 Å². The van der Waals surface area contributed by atoms with Crippen molar-refractivity contribution < 1.29 is 14.2 Å². The Bertz CT molecular complexity index is 543. The van der Waals surface area contributed by atoms with Crippen LogP contribution >= 0.6 is 35.6 Å². The molecule has 1 unspecified atom stereocenters. The van der Waals surface area contributed by atoms with Gasteiger partial charge in [-0.25, -0.2) is 0 Å². The molecule has 0 bridgehead atoms. The second kappa shape index (κ2) is 15.3. The molecule has 0 aromatic heterocycles. The Hall–Kier alpha value is -0.610. The van der Waals surface area contributed by atoms with Crippen molar-refractivity contribution >= 4 is 41.5 Å². The van der Waals surface area contributed by atoms with Crippen molar-refractivity contribution in [2.75, 3.05) is 46.1 Å². The van der Waals surface area contributed by atoms with Gasteiger partial charge in [-0.1, -0.05) is 23.7 Å². The number of ether oxygens (including phenoxy) is 3. The van der Waals surface area contributed by atoms with Crippen molar-refractivity contribution in [1.82, 2.24) is 10.6 Å². The van der Waals surface area contributed by atoms with Crippen LogP contribution in [0.25, 0.3) is 0 Å². The number of halogens is 2. The van der Waals surface area contributed by atoms with Crippen molar-refractivity contribution in [2.45, 2.75) is 32.5 Å². The second-order valence-corrected chi connectivity index (χ2v) is 6.52. The van der Waals surface area contributed by atoms with E-state index < -0.39 is 0 Å². The predicted octanol–water partition coefficient (Wildman–Crippen LogP) is 3.23. The minimum Gasteiger partial charge on any atom is -0.379 e. The summed E-state index contributed by atoms with van der Waals surface area (Å²) in [5, 5.41) is 7.24. The minimum atomic E-state index is 0. The number of nitrogens with zero attached hydrogens (tertiary/aromatic N) is 1. The monoisotopic (exact) mass is 511 g/mol. The lowest BCUT2D eigenvalue weighted by Crippen LogP contribution is -2.39. The molecular formula is C19H31ClIN3O3. The van der Waals surface area contributed by atoms with Gasteiger partial charge in [-0.3, -0.25) is 4.99 Å². The van der Waals surface area contributed by atoms with Gasteiger partial charge in [-0.2, -0.15) is 0 Å².